The van der Waals surface area contributed by atoms with Gasteiger partial charge in [-0.05, 0) is 38.8 Å². The fraction of sp³-hybridized carbons (Fsp3) is 0.889. The monoisotopic (exact) mass is 328 g/mol. The molecular weight excluding hydrogens is 292 g/mol. The number of hydrogen-bond acceptors (Lipinski definition) is 5. The zero-order valence-electron chi connectivity index (χ0n) is 14.7. The normalized spacial score (nSPS) is 10.7. The second-order valence-corrected chi connectivity index (χ2v) is 6.17. The topological polar surface area (TPSA) is 95.4 Å². The van der Waals surface area contributed by atoms with Gasteiger partial charge in [0, 0.05) is 12.8 Å². The average molecular weight is 328 g/mol. The Hall–Kier alpha value is -0.940. The van der Waals surface area contributed by atoms with Crippen LogP contribution in [0.4, 0.5) is 0 Å². The van der Waals surface area contributed by atoms with Gasteiger partial charge in [-0.3, -0.25) is 9.59 Å². The molecule has 0 heterocycles. The zero-order valence-corrected chi connectivity index (χ0v) is 14.7. The molecular formula is C18H36N2O3. The van der Waals surface area contributed by atoms with Crippen molar-refractivity contribution in [2.45, 2.75) is 89.9 Å². The van der Waals surface area contributed by atoms with Crippen molar-refractivity contribution >= 4 is 11.9 Å². The highest BCUT2D eigenvalue weighted by molar-refractivity contribution is 5.85. The smallest absolute Gasteiger partial charge is 0.313 e. The molecule has 0 aromatic heterocycles. The molecule has 0 amide bonds. The quantitative estimate of drug-likeness (QED) is 0.257. The number of carbonyl (C=O) groups is 2. The minimum atomic E-state index is -0.399. The van der Waals surface area contributed by atoms with E-state index in [9.17, 15) is 9.59 Å². The van der Waals surface area contributed by atoms with Crippen molar-refractivity contribution in [1.29, 1.82) is 0 Å². The highest BCUT2D eigenvalue weighted by Gasteiger charge is 2.09. The first-order valence-electron chi connectivity index (χ1n) is 9.34. The van der Waals surface area contributed by atoms with Gasteiger partial charge in [0.1, 0.15) is 0 Å². The summed E-state index contributed by atoms with van der Waals surface area (Å²) in [5.41, 5.74) is 10.8. The van der Waals surface area contributed by atoms with Crippen molar-refractivity contribution in [3.63, 3.8) is 0 Å². The predicted molar refractivity (Wildman–Crippen MR) is 93.8 cm³/mol. The van der Waals surface area contributed by atoms with Gasteiger partial charge >= 0.3 is 11.9 Å². The summed E-state index contributed by atoms with van der Waals surface area (Å²) in [5.74, 6) is -0.778. The summed E-state index contributed by atoms with van der Waals surface area (Å²) in [6, 6.07) is 0. The molecule has 0 rings (SSSR count). The maximum Gasteiger partial charge on any atom is 0.313 e. The average Bonchev–Trinajstić information content (AvgIpc) is 2.53. The molecule has 0 aliphatic carbocycles. The number of rotatable bonds is 16. The molecule has 0 spiro atoms. The molecule has 0 aromatic rings. The second-order valence-electron chi connectivity index (χ2n) is 6.17. The van der Waals surface area contributed by atoms with Gasteiger partial charge in [-0.25, -0.2) is 0 Å². The predicted octanol–water partition coefficient (Wildman–Crippen LogP) is 3.44. The summed E-state index contributed by atoms with van der Waals surface area (Å²) in [4.78, 5) is 22.9. The Balaban J connectivity index is 3.31. The summed E-state index contributed by atoms with van der Waals surface area (Å²) in [5, 5.41) is 0. The van der Waals surface area contributed by atoms with E-state index in [4.69, 9.17) is 16.2 Å². The fourth-order valence-electron chi connectivity index (χ4n) is 2.47. The number of hydrogen-bond donors (Lipinski definition) is 2. The van der Waals surface area contributed by atoms with Gasteiger partial charge in [0.2, 0.25) is 0 Å². The molecule has 0 saturated carbocycles. The highest BCUT2D eigenvalue weighted by Crippen LogP contribution is 2.11. The van der Waals surface area contributed by atoms with E-state index in [0.29, 0.717) is 19.4 Å². The van der Waals surface area contributed by atoms with Crippen LogP contribution in [0.5, 0.6) is 0 Å². The van der Waals surface area contributed by atoms with Crippen LogP contribution < -0.4 is 11.5 Å². The van der Waals surface area contributed by atoms with Crippen LogP contribution in [0.15, 0.2) is 0 Å². The van der Waals surface area contributed by atoms with Gasteiger partial charge in [0.05, 0.1) is 0 Å². The molecule has 0 atom stereocenters. The molecule has 0 radical (unpaired) electrons. The molecule has 0 aliphatic heterocycles. The first-order valence-corrected chi connectivity index (χ1v) is 9.34. The van der Waals surface area contributed by atoms with E-state index in [-0.39, 0.29) is 5.97 Å². The van der Waals surface area contributed by atoms with E-state index in [2.05, 4.69) is 0 Å². The molecule has 0 unspecified atom stereocenters. The van der Waals surface area contributed by atoms with Gasteiger partial charge in [-0.1, -0.05) is 51.4 Å². The Morgan fingerprint density at radius 2 is 0.826 bits per heavy atom. The molecule has 136 valence electrons. The van der Waals surface area contributed by atoms with E-state index >= 15 is 0 Å². The van der Waals surface area contributed by atoms with Crippen molar-refractivity contribution in [3.8, 4) is 0 Å². The highest BCUT2D eigenvalue weighted by atomic mass is 16.6. The van der Waals surface area contributed by atoms with E-state index in [1.54, 1.807) is 0 Å². The van der Waals surface area contributed by atoms with Gasteiger partial charge < -0.3 is 16.2 Å². The number of nitrogens with two attached hydrogens (primary N) is 2. The minimum absolute atomic E-state index is 0.315. The van der Waals surface area contributed by atoms with Crippen LogP contribution in [0.3, 0.4) is 0 Å². The minimum Gasteiger partial charge on any atom is -0.393 e. The largest absolute Gasteiger partial charge is 0.393 e. The van der Waals surface area contributed by atoms with E-state index < -0.39 is 5.97 Å². The van der Waals surface area contributed by atoms with Crippen LogP contribution in [0.25, 0.3) is 0 Å². The molecule has 5 heteroatoms. The lowest BCUT2D eigenvalue weighted by Crippen LogP contribution is -2.12. The third-order valence-electron chi connectivity index (χ3n) is 3.90. The Kier molecular flexibility index (Phi) is 16.7. The SMILES string of the molecule is NCCCCCCCCCCCC(=O)OC(=O)CCCCCN. The molecule has 5 nitrogen and oxygen atoms in total. The number of ether oxygens (including phenoxy) is 1. The number of carbonyl (C=O) groups excluding carboxylic acids is 2. The van der Waals surface area contributed by atoms with Crippen molar-refractivity contribution in [2.24, 2.45) is 11.5 Å². The Morgan fingerprint density at radius 1 is 0.522 bits per heavy atom. The van der Waals surface area contributed by atoms with Crippen LogP contribution in [-0.4, -0.2) is 25.0 Å². The van der Waals surface area contributed by atoms with Crippen LogP contribution in [0.1, 0.15) is 89.9 Å². The summed E-state index contributed by atoms with van der Waals surface area (Å²) in [6.45, 7) is 1.44. The molecule has 0 aliphatic rings. The standard InChI is InChI=1S/C18H36N2O3/c19-15-11-7-5-3-1-2-4-6-9-13-17(21)23-18(22)14-10-8-12-16-20/h1-16,19-20H2. The Labute approximate surface area is 141 Å². The lowest BCUT2D eigenvalue weighted by Gasteiger charge is -2.04. The lowest BCUT2D eigenvalue weighted by molar-refractivity contribution is -0.159. The molecule has 23 heavy (non-hydrogen) atoms. The Morgan fingerprint density at radius 3 is 1.22 bits per heavy atom. The number of unbranched alkanes of at least 4 members (excludes halogenated alkanes) is 10. The van der Waals surface area contributed by atoms with Crippen molar-refractivity contribution < 1.29 is 14.3 Å². The van der Waals surface area contributed by atoms with Crippen LogP contribution in [-0.2, 0) is 14.3 Å². The molecule has 0 fully saturated rings. The molecule has 4 N–H and O–H groups in total. The third kappa shape index (κ3) is 17.2. The van der Waals surface area contributed by atoms with Crippen molar-refractivity contribution in [1.82, 2.24) is 0 Å². The lowest BCUT2D eigenvalue weighted by atomic mass is 10.1. The summed E-state index contributed by atoms with van der Waals surface area (Å²) in [7, 11) is 0. The zero-order chi connectivity index (χ0) is 17.2. The van der Waals surface area contributed by atoms with Gasteiger partial charge in [0.25, 0.3) is 0 Å². The van der Waals surface area contributed by atoms with E-state index in [1.807, 2.05) is 0 Å². The third-order valence-corrected chi connectivity index (χ3v) is 3.90. The molecule has 0 bridgehead atoms. The maximum absolute atomic E-state index is 11.5. The van der Waals surface area contributed by atoms with Crippen molar-refractivity contribution in [2.75, 3.05) is 13.1 Å². The van der Waals surface area contributed by atoms with Crippen molar-refractivity contribution in [3.05, 3.63) is 0 Å². The summed E-state index contributed by atoms with van der Waals surface area (Å²) < 4.78 is 4.79. The maximum atomic E-state index is 11.5. The first kappa shape index (κ1) is 22.1. The van der Waals surface area contributed by atoms with Gasteiger partial charge in [0.15, 0.2) is 0 Å². The second kappa shape index (κ2) is 17.4. The Bertz CT molecular complexity index is 296. The van der Waals surface area contributed by atoms with E-state index in [1.165, 1.54) is 32.1 Å². The van der Waals surface area contributed by atoms with Crippen LogP contribution in [0.2, 0.25) is 0 Å². The van der Waals surface area contributed by atoms with Crippen LogP contribution in [0, 0.1) is 0 Å². The van der Waals surface area contributed by atoms with Gasteiger partial charge in [-0.15, -0.1) is 0 Å². The number of esters is 2. The fourth-order valence-corrected chi connectivity index (χ4v) is 2.47. The first-order chi connectivity index (χ1) is 11.2. The van der Waals surface area contributed by atoms with Crippen LogP contribution >= 0.6 is 0 Å². The van der Waals surface area contributed by atoms with Gasteiger partial charge in [-0.2, -0.15) is 0 Å². The molecule has 0 saturated heterocycles. The summed E-state index contributed by atoms with van der Waals surface area (Å²) >= 11 is 0. The summed E-state index contributed by atoms with van der Waals surface area (Å²) in [6.07, 6.45) is 13.6. The van der Waals surface area contributed by atoms with E-state index in [0.717, 1.165) is 51.5 Å². The molecule has 0 aromatic carbocycles.